The fourth-order valence-corrected chi connectivity index (χ4v) is 3.26. The van der Waals surface area contributed by atoms with E-state index in [1.165, 1.54) is 6.33 Å². The lowest BCUT2D eigenvalue weighted by molar-refractivity contribution is -0.00553. The Bertz CT molecular complexity index is 744. The van der Waals surface area contributed by atoms with Gasteiger partial charge in [-0.3, -0.25) is 0 Å². The molecule has 140 valence electrons. The number of benzene rings is 1. The molecule has 0 radical (unpaired) electrons. The number of urea groups is 1. The van der Waals surface area contributed by atoms with Crippen LogP contribution in [-0.4, -0.2) is 65.1 Å². The summed E-state index contributed by atoms with van der Waals surface area (Å²) in [5.74, 6) is 0. The first-order chi connectivity index (χ1) is 12.5. The molecule has 2 aromatic rings. The molecule has 8 nitrogen and oxygen atoms in total. The maximum Gasteiger partial charge on any atom is 0.319 e. The number of halogens is 1. The van der Waals surface area contributed by atoms with Crippen molar-refractivity contribution in [2.45, 2.75) is 18.4 Å². The van der Waals surface area contributed by atoms with Gasteiger partial charge in [-0.1, -0.05) is 11.6 Å². The van der Waals surface area contributed by atoms with E-state index in [1.54, 1.807) is 29.2 Å². The van der Waals surface area contributed by atoms with E-state index in [2.05, 4.69) is 25.6 Å². The number of nitrogens with one attached hydrogen (secondary N) is 2. The fourth-order valence-electron chi connectivity index (χ4n) is 3.09. The van der Waals surface area contributed by atoms with E-state index in [9.17, 15) is 4.79 Å². The average Bonchev–Trinajstić information content (AvgIpc) is 3.15. The number of rotatable bonds is 5. The minimum atomic E-state index is -0.290. The summed E-state index contributed by atoms with van der Waals surface area (Å²) in [4.78, 5) is 18.6. The van der Waals surface area contributed by atoms with Crippen molar-refractivity contribution in [2.75, 3.05) is 39.2 Å². The Morgan fingerprint density at radius 1 is 1.38 bits per heavy atom. The second-order valence-electron chi connectivity index (χ2n) is 6.54. The third-order valence-electron chi connectivity index (χ3n) is 4.82. The molecule has 1 fully saturated rings. The minimum absolute atomic E-state index is 0.0986. The van der Waals surface area contributed by atoms with Gasteiger partial charge in [-0.25, -0.2) is 14.5 Å². The van der Waals surface area contributed by atoms with Crippen molar-refractivity contribution in [1.29, 1.82) is 0 Å². The monoisotopic (exact) mass is 378 g/mol. The van der Waals surface area contributed by atoms with Crippen LogP contribution in [0, 0.1) is 0 Å². The quantitative estimate of drug-likeness (QED) is 0.832. The molecule has 0 aliphatic carbocycles. The lowest BCUT2D eigenvalue weighted by Crippen LogP contribution is -2.56. The van der Waals surface area contributed by atoms with Crippen LogP contribution >= 0.6 is 11.6 Å². The maximum absolute atomic E-state index is 12.5. The van der Waals surface area contributed by atoms with Gasteiger partial charge in [0.15, 0.2) is 0 Å². The van der Waals surface area contributed by atoms with E-state index in [-0.39, 0.29) is 11.6 Å². The van der Waals surface area contributed by atoms with Gasteiger partial charge in [-0.2, -0.15) is 5.10 Å². The van der Waals surface area contributed by atoms with Gasteiger partial charge < -0.3 is 20.3 Å². The zero-order valence-corrected chi connectivity index (χ0v) is 15.7. The van der Waals surface area contributed by atoms with Crippen molar-refractivity contribution < 1.29 is 9.53 Å². The van der Waals surface area contributed by atoms with E-state index in [0.29, 0.717) is 36.2 Å². The first kappa shape index (κ1) is 18.6. The van der Waals surface area contributed by atoms with Crippen molar-refractivity contribution in [1.82, 2.24) is 25.0 Å². The van der Waals surface area contributed by atoms with Gasteiger partial charge in [0.25, 0.3) is 0 Å². The van der Waals surface area contributed by atoms with Gasteiger partial charge >= 0.3 is 6.03 Å². The molecule has 2 heterocycles. The molecule has 26 heavy (non-hydrogen) atoms. The summed E-state index contributed by atoms with van der Waals surface area (Å²) < 4.78 is 7.04. The predicted molar refractivity (Wildman–Crippen MR) is 99.9 cm³/mol. The molecule has 1 saturated heterocycles. The van der Waals surface area contributed by atoms with Crippen LogP contribution in [0.4, 0.5) is 10.5 Å². The van der Waals surface area contributed by atoms with Crippen LogP contribution < -0.4 is 10.6 Å². The molecule has 2 amide bonds. The molecular weight excluding hydrogens is 356 g/mol. The summed E-state index contributed by atoms with van der Waals surface area (Å²) in [7, 11) is 4.06. The number of carbonyl (C=O) groups excluding carboxylic acids is 1. The third kappa shape index (κ3) is 4.14. The van der Waals surface area contributed by atoms with Crippen LogP contribution in [0.5, 0.6) is 0 Å². The van der Waals surface area contributed by atoms with Crippen LogP contribution in [0.3, 0.4) is 0 Å². The molecule has 1 aromatic heterocycles. The smallest absolute Gasteiger partial charge is 0.319 e. The lowest BCUT2D eigenvalue weighted by atomic mass is 9.88. The van der Waals surface area contributed by atoms with Crippen molar-refractivity contribution >= 4 is 23.3 Å². The normalized spacial score (nSPS) is 16.5. The van der Waals surface area contributed by atoms with Crippen molar-refractivity contribution in [3.63, 3.8) is 0 Å². The van der Waals surface area contributed by atoms with E-state index in [0.717, 1.165) is 12.8 Å². The minimum Gasteiger partial charge on any atom is -0.381 e. The van der Waals surface area contributed by atoms with Crippen molar-refractivity contribution in [3.8, 4) is 5.69 Å². The molecule has 0 saturated carbocycles. The molecule has 9 heteroatoms. The molecule has 1 aromatic carbocycles. The molecule has 2 N–H and O–H groups in total. The number of hydrogen-bond acceptors (Lipinski definition) is 5. The Morgan fingerprint density at radius 2 is 2.15 bits per heavy atom. The number of aromatic nitrogens is 3. The summed E-state index contributed by atoms with van der Waals surface area (Å²) >= 11 is 6.09. The number of amides is 2. The summed E-state index contributed by atoms with van der Waals surface area (Å²) in [5.41, 5.74) is 1.15. The Balaban J connectivity index is 1.69. The highest BCUT2D eigenvalue weighted by atomic mass is 35.5. The average molecular weight is 379 g/mol. The van der Waals surface area contributed by atoms with Gasteiger partial charge in [0, 0.05) is 30.3 Å². The Hall–Kier alpha value is -2.16. The number of nitrogens with zero attached hydrogens (tertiary/aromatic N) is 4. The van der Waals surface area contributed by atoms with Crippen LogP contribution in [0.25, 0.3) is 5.69 Å². The first-order valence-electron chi connectivity index (χ1n) is 8.45. The van der Waals surface area contributed by atoms with Gasteiger partial charge in [0.2, 0.25) is 0 Å². The van der Waals surface area contributed by atoms with Gasteiger partial charge in [0.05, 0.1) is 11.4 Å². The van der Waals surface area contributed by atoms with E-state index < -0.39 is 0 Å². The van der Waals surface area contributed by atoms with Crippen molar-refractivity contribution in [3.05, 3.63) is 35.9 Å². The highest BCUT2D eigenvalue weighted by molar-refractivity contribution is 6.31. The summed E-state index contributed by atoms with van der Waals surface area (Å²) in [6.07, 6.45) is 4.75. The number of likely N-dealkylation sites (N-methyl/N-ethyl adjacent to an activating group) is 1. The topological polar surface area (TPSA) is 84.3 Å². The second-order valence-corrected chi connectivity index (χ2v) is 6.98. The van der Waals surface area contributed by atoms with E-state index >= 15 is 0 Å². The highest BCUT2D eigenvalue weighted by Crippen LogP contribution is 2.26. The maximum atomic E-state index is 12.5. The molecule has 0 unspecified atom stereocenters. The number of hydrogen-bond donors (Lipinski definition) is 2. The first-order valence-corrected chi connectivity index (χ1v) is 8.83. The van der Waals surface area contributed by atoms with Crippen molar-refractivity contribution in [2.24, 2.45) is 0 Å². The number of anilines is 1. The predicted octanol–water partition coefficient (Wildman–Crippen LogP) is 2.15. The van der Waals surface area contributed by atoms with Crippen LogP contribution in [0.15, 0.2) is 30.9 Å². The number of carbonyl (C=O) groups is 1. The Morgan fingerprint density at radius 3 is 2.81 bits per heavy atom. The molecule has 3 rings (SSSR count). The standard InChI is InChI=1S/C17H23ClN6O2/c1-23(2)17(5-7-26-8-6-17)10-20-16(25)22-14-9-13(18)3-4-15(14)24-12-19-11-21-24/h3-4,9,11-12H,5-8,10H2,1-2H3,(H2,20,22,25). The summed E-state index contributed by atoms with van der Waals surface area (Å²) in [6.45, 7) is 1.94. The summed E-state index contributed by atoms with van der Waals surface area (Å²) in [5, 5.41) is 10.5. The van der Waals surface area contributed by atoms with Crippen LogP contribution in [-0.2, 0) is 4.74 Å². The summed E-state index contributed by atoms with van der Waals surface area (Å²) in [6, 6.07) is 4.92. The largest absolute Gasteiger partial charge is 0.381 e. The van der Waals surface area contributed by atoms with Gasteiger partial charge in [-0.15, -0.1) is 0 Å². The second kappa shape index (κ2) is 8.03. The van der Waals surface area contributed by atoms with E-state index in [1.807, 2.05) is 14.1 Å². The van der Waals surface area contributed by atoms with Gasteiger partial charge in [-0.05, 0) is 45.1 Å². The zero-order valence-electron chi connectivity index (χ0n) is 14.9. The molecule has 0 spiro atoms. The van der Waals surface area contributed by atoms with Crippen LogP contribution in [0.2, 0.25) is 5.02 Å². The van der Waals surface area contributed by atoms with Crippen LogP contribution in [0.1, 0.15) is 12.8 Å². The molecule has 1 aliphatic rings. The third-order valence-corrected chi connectivity index (χ3v) is 5.06. The molecular formula is C17H23ClN6O2. The van der Waals surface area contributed by atoms with Gasteiger partial charge in [0.1, 0.15) is 12.7 Å². The number of ether oxygens (including phenoxy) is 1. The zero-order chi connectivity index (χ0) is 18.6. The van der Waals surface area contributed by atoms with E-state index in [4.69, 9.17) is 16.3 Å². The SMILES string of the molecule is CN(C)C1(CNC(=O)Nc2cc(Cl)ccc2-n2cncn2)CCOCC1. The molecule has 1 aliphatic heterocycles. The lowest BCUT2D eigenvalue weighted by Gasteiger charge is -2.42. The Labute approximate surface area is 157 Å². The molecule has 0 atom stereocenters. The Kier molecular flexibility index (Phi) is 5.75. The molecule has 0 bridgehead atoms. The highest BCUT2D eigenvalue weighted by Gasteiger charge is 2.35. The fraction of sp³-hybridized carbons (Fsp3) is 0.471.